The second-order valence-corrected chi connectivity index (χ2v) is 8.91. The van der Waals surface area contributed by atoms with Crippen LogP contribution in [-0.4, -0.2) is 53.6 Å². The van der Waals surface area contributed by atoms with E-state index < -0.39 is 10.0 Å². The number of nitrogens with zero attached hydrogens (tertiary/aromatic N) is 5. The van der Waals surface area contributed by atoms with E-state index >= 15 is 0 Å². The predicted octanol–water partition coefficient (Wildman–Crippen LogP) is 1.85. The SMILES string of the molecule is CS(=O)(=O)N1CCc2nc(-c3cccnc3)nc(N3CCCCC3)c2C1. The van der Waals surface area contributed by atoms with Gasteiger partial charge in [0.15, 0.2) is 5.82 Å². The fraction of sp³-hybridized carbons (Fsp3) is 0.500. The lowest BCUT2D eigenvalue weighted by Crippen LogP contribution is -2.38. The van der Waals surface area contributed by atoms with Crippen molar-refractivity contribution in [3.05, 3.63) is 35.8 Å². The molecule has 7 nitrogen and oxygen atoms in total. The zero-order chi connectivity index (χ0) is 18.1. The third-order valence-electron chi connectivity index (χ3n) is 5.05. The topological polar surface area (TPSA) is 79.3 Å². The van der Waals surface area contributed by atoms with E-state index in [1.165, 1.54) is 17.0 Å². The van der Waals surface area contributed by atoms with Crippen molar-refractivity contribution < 1.29 is 8.42 Å². The van der Waals surface area contributed by atoms with Gasteiger partial charge in [-0.15, -0.1) is 0 Å². The molecule has 0 saturated carbocycles. The van der Waals surface area contributed by atoms with Crippen LogP contribution in [0.15, 0.2) is 24.5 Å². The zero-order valence-electron chi connectivity index (χ0n) is 14.9. The number of hydrogen-bond donors (Lipinski definition) is 0. The van der Waals surface area contributed by atoms with E-state index in [-0.39, 0.29) is 0 Å². The number of hydrogen-bond acceptors (Lipinski definition) is 6. The van der Waals surface area contributed by atoms with E-state index in [1.54, 1.807) is 12.4 Å². The van der Waals surface area contributed by atoms with Crippen LogP contribution in [0.4, 0.5) is 5.82 Å². The van der Waals surface area contributed by atoms with Crippen LogP contribution >= 0.6 is 0 Å². The van der Waals surface area contributed by atoms with E-state index in [2.05, 4.69) is 9.88 Å². The first-order chi connectivity index (χ1) is 12.5. The lowest BCUT2D eigenvalue weighted by molar-refractivity contribution is 0.390. The summed E-state index contributed by atoms with van der Waals surface area (Å²) in [6.07, 6.45) is 8.88. The van der Waals surface area contributed by atoms with Crippen LogP contribution in [0.5, 0.6) is 0 Å². The summed E-state index contributed by atoms with van der Waals surface area (Å²) >= 11 is 0. The van der Waals surface area contributed by atoms with E-state index in [0.717, 1.165) is 48.6 Å². The fourth-order valence-corrected chi connectivity index (χ4v) is 4.43. The Morgan fingerprint density at radius 1 is 1.08 bits per heavy atom. The van der Waals surface area contributed by atoms with Gasteiger partial charge in [-0.25, -0.2) is 18.4 Å². The maximum Gasteiger partial charge on any atom is 0.211 e. The first-order valence-corrected chi connectivity index (χ1v) is 10.9. The van der Waals surface area contributed by atoms with Crippen LogP contribution in [0, 0.1) is 0 Å². The Bertz CT molecular complexity index is 895. The van der Waals surface area contributed by atoms with Gasteiger partial charge in [0.2, 0.25) is 10.0 Å². The third-order valence-corrected chi connectivity index (χ3v) is 6.30. The predicted molar refractivity (Wildman–Crippen MR) is 100 cm³/mol. The molecule has 4 rings (SSSR count). The summed E-state index contributed by atoms with van der Waals surface area (Å²) < 4.78 is 25.6. The maximum absolute atomic E-state index is 12.0. The van der Waals surface area contributed by atoms with Gasteiger partial charge in [0.25, 0.3) is 0 Å². The third kappa shape index (κ3) is 3.43. The molecule has 8 heteroatoms. The van der Waals surface area contributed by atoms with Crippen LogP contribution in [0.2, 0.25) is 0 Å². The quantitative estimate of drug-likeness (QED) is 0.817. The van der Waals surface area contributed by atoms with Crippen molar-refractivity contribution in [2.45, 2.75) is 32.2 Å². The molecular formula is C18H23N5O2S. The summed E-state index contributed by atoms with van der Waals surface area (Å²) in [7, 11) is -3.23. The highest BCUT2D eigenvalue weighted by atomic mass is 32.2. The zero-order valence-corrected chi connectivity index (χ0v) is 15.7. The molecule has 0 aliphatic carbocycles. The van der Waals surface area contributed by atoms with Gasteiger partial charge in [0.05, 0.1) is 11.9 Å². The highest BCUT2D eigenvalue weighted by Gasteiger charge is 2.29. The summed E-state index contributed by atoms with van der Waals surface area (Å²) in [5, 5.41) is 0. The molecule has 2 aromatic heterocycles. The Kier molecular flexibility index (Phi) is 4.62. The summed E-state index contributed by atoms with van der Waals surface area (Å²) in [6.45, 7) is 2.73. The highest BCUT2D eigenvalue weighted by molar-refractivity contribution is 7.88. The molecule has 2 aromatic rings. The molecule has 4 heterocycles. The van der Waals surface area contributed by atoms with Gasteiger partial charge >= 0.3 is 0 Å². The van der Waals surface area contributed by atoms with Gasteiger partial charge in [-0.3, -0.25) is 4.98 Å². The Morgan fingerprint density at radius 2 is 1.88 bits per heavy atom. The average Bonchev–Trinajstić information content (AvgIpc) is 2.67. The molecule has 0 radical (unpaired) electrons. The van der Waals surface area contributed by atoms with E-state index in [9.17, 15) is 8.42 Å². The molecule has 0 amide bonds. The Morgan fingerprint density at radius 3 is 2.58 bits per heavy atom. The van der Waals surface area contributed by atoms with Crippen molar-refractivity contribution in [2.24, 2.45) is 0 Å². The molecule has 0 aromatic carbocycles. The van der Waals surface area contributed by atoms with Crippen molar-refractivity contribution in [2.75, 3.05) is 30.8 Å². The Hall–Kier alpha value is -2.06. The van der Waals surface area contributed by atoms with Gasteiger partial charge in [-0.1, -0.05) is 0 Å². The average molecular weight is 373 g/mol. The Labute approximate surface area is 154 Å². The number of pyridine rings is 1. The van der Waals surface area contributed by atoms with Gasteiger partial charge in [-0.2, -0.15) is 4.31 Å². The summed E-state index contributed by atoms with van der Waals surface area (Å²) in [4.78, 5) is 16.1. The molecule has 0 bridgehead atoms. The van der Waals surface area contributed by atoms with Gasteiger partial charge in [-0.05, 0) is 31.4 Å². The first kappa shape index (κ1) is 17.4. The standard InChI is InChI=1S/C18H23N5O2S/c1-26(24,25)23-11-7-16-15(13-23)18(22-9-3-2-4-10-22)21-17(20-16)14-6-5-8-19-12-14/h5-6,8,12H,2-4,7,9-11,13H2,1H3. The molecule has 26 heavy (non-hydrogen) atoms. The number of piperidine rings is 1. The molecule has 0 spiro atoms. The Balaban J connectivity index is 1.80. The lowest BCUT2D eigenvalue weighted by Gasteiger charge is -2.33. The van der Waals surface area contributed by atoms with Crippen molar-refractivity contribution in [1.82, 2.24) is 19.3 Å². The van der Waals surface area contributed by atoms with E-state index in [0.29, 0.717) is 25.3 Å². The number of aromatic nitrogens is 3. The van der Waals surface area contributed by atoms with Crippen LogP contribution in [-0.2, 0) is 23.0 Å². The molecule has 138 valence electrons. The molecule has 2 aliphatic heterocycles. The highest BCUT2D eigenvalue weighted by Crippen LogP contribution is 2.31. The fourth-order valence-electron chi connectivity index (χ4n) is 3.65. The molecule has 1 saturated heterocycles. The van der Waals surface area contributed by atoms with Crippen molar-refractivity contribution in [1.29, 1.82) is 0 Å². The molecule has 2 aliphatic rings. The normalized spacial score (nSPS) is 18.6. The minimum absolute atomic E-state index is 0.354. The van der Waals surface area contributed by atoms with Gasteiger partial charge < -0.3 is 4.90 Å². The molecule has 1 fully saturated rings. The van der Waals surface area contributed by atoms with Crippen LogP contribution in [0.1, 0.15) is 30.5 Å². The minimum Gasteiger partial charge on any atom is -0.356 e. The molecule has 0 atom stereocenters. The maximum atomic E-state index is 12.0. The molecule has 0 unspecified atom stereocenters. The van der Waals surface area contributed by atoms with Gasteiger partial charge in [0.1, 0.15) is 5.82 Å². The van der Waals surface area contributed by atoms with Crippen molar-refractivity contribution >= 4 is 15.8 Å². The number of rotatable bonds is 3. The summed E-state index contributed by atoms with van der Waals surface area (Å²) in [5.74, 6) is 1.56. The monoisotopic (exact) mass is 373 g/mol. The number of fused-ring (bicyclic) bond motifs is 1. The number of sulfonamides is 1. The summed E-state index contributed by atoms with van der Waals surface area (Å²) in [5.41, 5.74) is 2.80. The number of anilines is 1. The van der Waals surface area contributed by atoms with E-state index in [1.807, 2.05) is 12.1 Å². The lowest BCUT2D eigenvalue weighted by atomic mass is 10.0. The second-order valence-electron chi connectivity index (χ2n) is 6.93. The van der Waals surface area contributed by atoms with Crippen LogP contribution in [0.3, 0.4) is 0 Å². The van der Waals surface area contributed by atoms with E-state index in [4.69, 9.17) is 9.97 Å². The smallest absolute Gasteiger partial charge is 0.211 e. The largest absolute Gasteiger partial charge is 0.356 e. The van der Waals surface area contributed by atoms with Crippen molar-refractivity contribution in [3.63, 3.8) is 0 Å². The summed E-state index contributed by atoms with van der Waals surface area (Å²) in [6, 6.07) is 3.84. The second kappa shape index (κ2) is 6.92. The molecule has 0 N–H and O–H groups in total. The van der Waals surface area contributed by atoms with Crippen LogP contribution in [0.25, 0.3) is 11.4 Å². The van der Waals surface area contributed by atoms with Crippen LogP contribution < -0.4 is 4.90 Å². The van der Waals surface area contributed by atoms with Crippen molar-refractivity contribution in [3.8, 4) is 11.4 Å². The molecular weight excluding hydrogens is 350 g/mol. The minimum atomic E-state index is -3.23. The first-order valence-electron chi connectivity index (χ1n) is 9.02. The van der Waals surface area contributed by atoms with Gasteiger partial charge in [0, 0.05) is 56.1 Å².